The molecule has 1 atom stereocenters. The third kappa shape index (κ3) is 3.86. The Hall–Kier alpha value is -2.32. The fourth-order valence-corrected chi connectivity index (χ4v) is 3.61. The maximum atomic E-state index is 12.3. The largest absolute Gasteiger partial charge is 0.487 e. The summed E-state index contributed by atoms with van der Waals surface area (Å²) in [6.45, 7) is 2.58. The number of nitrogens with zero attached hydrogens (tertiary/aromatic N) is 2. The van der Waals surface area contributed by atoms with Crippen LogP contribution in [0.5, 0.6) is 5.75 Å². The first-order chi connectivity index (χ1) is 13.2. The lowest BCUT2D eigenvalue weighted by Gasteiger charge is -2.34. The van der Waals surface area contributed by atoms with Crippen LogP contribution >= 0.6 is 0 Å². The zero-order chi connectivity index (χ0) is 18.8. The third-order valence-corrected chi connectivity index (χ3v) is 5.17. The van der Waals surface area contributed by atoms with E-state index in [-0.39, 0.29) is 17.9 Å². The van der Waals surface area contributed by atoms with Crippen molar-refractivity contribution >= 4 is 28.3 Å². The molecule has 2 aromatic rings. The molecule has 0 spiro atoms. The smallest absolute Gasteiger partial charge is 0.227 e. The second-order valence-corrected chi connectivity index (χ2v) is 7.35. The van der Waals surface area contributed by atoms with Gasteiger partial charge in [-0.3, -0.25) is 4.79 Å². The van der Waals surface area contributed by atoms with Crippen molar-refractivity contribution in [2.24, 2.45) is 11.7 Å². The van der Waals surface area contributed by atoms with E-state index in [2.05, 4.69) is 20.2 Å². The van der Waals surface area contributed by atoms with Gasteiger partial charge in [-0.2, -0.15) is 0 Å². The molecular formula is C19H27N5O3. The van der Waals surface area contributed by atoms with E-state index in [1.165, 1.54) is 0 Å². The van der Waals surface area contributed by atoms with E-state index in [4.69, 9.17) is 15.2 Å². The van der Waals surface area contributed by atoms with Crippen LogP contribution in [0, 0.1) is 5.92 Å². The standard InChI is InChI=1S/C19H27N5O3/c1-26-7-8-27-15-10-22-18-16(17(15)24-6-2-3-13(20)11-24)14(9-21-18)23-19(25)12-4-5-12/h9-10,12-13H,2-8,11,20H2,1H3,(H,21,22)(H,23,25)/t13-/m1/s1. The predicted molar refractivity (Wildman–Crippen MR) is 104 cm³/mol. The average Bonchev–Trinajstić information content (AvgIpc) is 3.44. The van der Waals surface area contributed by atoms with Gasteiger partial charge in [-0.15, -0.1) is 0 Å². The molecule has 0 radical (unpaired) electrons. The molecule has 4 N–H and O–H groups in total. The Labute approximate surface area is 158 Å². The van der Waals surface area contributed by atoms with E-state index in [0.717, 1.165) is 61.2 Å². The van der Waals surface area contributed by atoms with Crippen LogP contribution in [-0.4, -0.2) is 55.3 Å². The molecule has 1 aliphatic carbocycles. The summed E-state index contributed by atoms with van der Waals surface area (Å²) in [5, 5.41) is 3.95. The number of ether oxygens (including phenoxy) is 2. The highest BCUT2D eigenvalue weighted by atomic mass is 16.5. The minimum Gasteiger partial charge on any atom is -0.487 e. The summed E-state index contributed by atoms with van der Waals surface area (Å²) in [6.07, 6.45) is 7.51. The molecule has 2 fully saturated rings. The Morgan fingerprint density at radius 3 is 3.00 bits per heavy atom. The number of H-pyrrole nitrogens is 1. The second-order valence-electron chi connectivity index (χ2n) is 7.35. The molecule has 0 bridgehead atoms. The van der Waals surface area contributed by atoms with Gasteiger partial charge in [0.1, 0.15) is 12.3 Å². The van der Waals surface area contributed by atoms with Crippen molar-refractivity contribution < 1.29 is 14.3 Å². The number of hydrogen-bond donors (Lipinski definition) is 3. The van der Waals surface area contributed by atoms with E-state index < -0.39 is 0 Å². The molecule has 3 heterocycles. The number of aromatic nitrogens is 2. The maximum Gasteiger partial charge on any atom is 0.227 e. The third-order valence-electron chi connectivity index (χ3n) is 5.17. The van der Waals surface area contributed by atoms with Gasteiger partial charge < -0.3 is 30.4 Å². The van der Waals surface area contributed by atoms with E-state index in [1.54, 1.807) is 13.3 Å². The Bertz CT molecular complexity index is 817. The van der Waals surface area contributed by atoms with Crippen molar-refractivity contribution in [3.05, 3.63) is 12.4 Å². The molecule has 1 aliphatic heterocycles. The topological polar surface area (TPSA) is 106 Å². The van der Waals surface area contributed by atoms with Crippen LogP contribution in [0.1, 0.15) is 25.7 Å². The number of nitrogens with one attached hydrogen (secondary N) is 2. The number of nitrogens with two attached hydrogens (primary N) is 1. The van der Waals surface area contributed by atoms with Crippen LogP contribution in [-0.2, 0) is 9.53 Å². The monoisotopic (exact) mass is 373 g/mol. The van der Waals surface area contributed by atoms with Gasteiger partial charge in [-0.05, 0) is 25.7 Å². The number of rotatable bonds is 7. The molecule has 4 rings (SSSR count). The van der Waals surface area contributed by atoms with Crippen molar-refractivity contribution in [3.63, 3.8) is 0 Å². The molecule has 1 saturated carbocycles. The molecule has 27 heavy (non-hydrogen) atoms. The molecule has 8 heteroatoms. The minimum absolute atomic E-state index is 0.0721. The number of aromatic amines is 1. The Morgan fingerprint density at radius 2 is 2.26 bits per heavy atom. The molecule has 1 saturated heterocycles. The lowest BCUT2D eigenvalue weighted by atomic mass is 10.0. The van der Waals surface area contributed by atoms with Gasteiger partial charge in [-0.25, -0.2) is 4.98 Å². The van der Waals surface area contributed by atoms with Gasteiger partial charge in [0.15, 0.2) is 5.75 Å². The van der Waals surface area contributed by atoms with Crippen LogP contribution in [0.2, 0.25) is 0 Å². The Balaban J connectivity index is 1.73. The minimum atomic E-state index is 0.0721. The molecular weight excluding hydrogens is 346 g/mol. The van der Waals surface area contributed by atoms with Gasteiger partial charge in [-0.1, -0.05) is 0 Å². The highest BCUT2D eigenvalue weighted by Gasteiger charge is 2.31. The van der Waals surface area contributed by atoms with E-state index in [0.29, 0.717) is 19.0 Å². The Morgan fingerprint density at radius 1 is 1.41 bits per heavy atom. The summed E-state index contributed by atoms with van der Waals surface area (Å²) in [7, 11) is 1.65. The Kier molecular flexibility index (Phi) is 5.18. The van der Waals surface area contributed by atoms with Crippen molar-refractivity contribution in [2.75, 3.05) is 43.6 Å². The predicted octanol–water partition coefficient (Wildman–Crippen LogP) is 1.86. The zero-order valence-corrected chi connectivity index (χ0v) is 15.7. The molecule has 1 amide bonds. The van der Waals surface area contributed by atoms with Gasteiger partial charge in [0, 0.05) is 38.4 Å². The van der Waals surface area contributed by atoms with Crippen LogP contribution in [0.25, 0.3) is 11.0 Å². The number of carbonyl (C=O) groups excluding carboxylic acids is 1. The number of methoxy groups -OCH3 is 1. The summed E-state index contributed by atoms with van der Waals surface area (Å²) in [5.41, 5.74) is 8.65. The number of piperidine rings is 1. The number of pyridine rings is 1. The van der Waals surface area contributed by atoms with Crippen molar-refractivity contribution in [1.29, 1.82) is 0 Å². The van der Waals surface area contributed by atoms with Gasteiger partial charge in [0.25, 0.3) is 0 Å². The molecule has 146 valence electrons. The first-order valence-corrected chi connectivity index (χ1v) is 9.60. The van der Waals surface area contributed by atoms with Crippen LogP contribution in [0.3, 0.4) is 0 Å². The van der Waals surface area contributed by atoms with Crippen LogP contribution < -0.4 is 20.7 Å². The molecule has 0 aromatic carbocycles. The number of fused-ring (bicyclic) bond motifs is 1. The van der Waals surface area contributed by atoms with Crippen LogP contribution in [0.4, 0.5) is 11.4 Å². The summed E-state index contributed by atoms with van der Waals surface area (Å²) >= 11 is 0. The molecule has 0 unspecified atom stereocenters. The highest BCUT2D eigenvalue weighted by molar-refractivity contribution is 6.08. The lowest BCUT2D eigenvalue weighted by Crippen LogP contribution is -2.43. The quantitative estimate of drug-likeness (QED) is 0.640. The first kappa shape index (κ1) is 18.1. The number of carbonyl (C=O) groups is 1. The fraction of sp³-hybridized carbons (Fsp3) is 0.579. The molecule has 2 aromatic heterocycles. The van der Waals surface area contributed by atoms with Gasteiger partial charge in [0.2, 0.25) is 5.91 Å². The average molecular weight is 373 g/mol. The summed E-state index contributed by atoms with van der Waals surface area (Å²) in [4.78, 5) is 22.2. The fourth-order valence-electron chi connectivity index (χ4n) is 3.61. The van der Waals surface area contributed by atoms with Crippen molar-refractivity contribution in [2.45, 2.75) is 31.7 Å². The maximum absolute atomic E-state index is 12.3. The van der Waals surface area contributed by atoms with Crippen molar-refractivity contribution in [1.82, 2.24) is 9.97 Å². The van der Waals surface area contributed by atoms with Crippen molar-refractivity contribution in [3.8, 4) is 5.75 Å². The normalized spacial score (nSPS) is 20.1. The van der Waals surface area contributed by atoms with E-state index >= 15 is 0 Å². The SMILES string of the molecule is COCCOc1cnc2[nH]cc(NC(=O)C3CC3)c2c1N1CCC[C@@H](N)C1. The highest BCUT2D eigenvalue weighted by Crippen LogP contribution is 2.41. The number of hydrogen-bond acceptors (Lipinski definition) is 6. The zero-order valence-electron chi connectivity index (χ0n) is 15.7. The summed E-state index contributed by atoms with van der Waals surface area (Å²) in [6, 6.07) is 0.122. The number of anilines is 2. The summed E-state index contributed by atoms with van der Waals surface area (Å²) < 4.78 is 11.1. The van der Waals surface area contributed by atoms with E-state index in [9.17, 15) is 4.79 Å². The van der Waals surface area contributed by atoms with Gasteiger partial charge >= 0.3 is 0 Å². The van der Waals surface area contributed by atoms with E-state index in [1.807, 2.05) is 6.20 Å². The van der Waals surface area contributed by atoms with Gasteiger partial charge in [0.05, 0.1) is 29.6 Å². The number of amides is 1. The van der Waals surface area contributed by atoms with Crippen LogP contribution in [0.15, 0.2) is 12.4 Å². The summed E-state index contributed by atoms with van der Waals surface area (Å²) in [5.74, 6) is 0.897. The molecule has 8 nitrogen and oxygen atoms in total. The lowest BCUT2D eigenvalue weighted by molar-refractivity contribution is -0.117. The molecule has 2 aliphatic rings. The second kappa shape index (κ2) is 7.74. The first-order valence-electron chi connectivity index (χ1n) is 9.60.